The first kappa shape index (κ1) is 12.6. The Hall–Kier alpha value is -1.49. The Bertz CT molecular complexity index is 522. The molecule has 0 radical (unpaired) electrons. The summed E-state index contributed by atoms with van der Waals surface area (Å²) in [6.45, 7) is -0.498. The third kappa shape index (κ3) is 2.76. The van der Waals surface area contributed by atoms with Crippen molar-refractivity contribution < 1.29 is 17.9 Å². The number of hydrogen-bond acceptors (Lipinski definition) is 4. The molecule has 0 atom stereocenters. The van der Waals surface area contributed by atoms with Crippen molar-refractivity contribution in [3.05, 3.63) is 29.6 Å². The molecule has 0 saturated heterocycles. The van der Waals surface area contributed by atoms with E-state index in [1.165, 1.54) is 0 Å². The van der Waals surface area contributed by atoms with Crippen molar-refractivity contribution in [2.75, 3.05) is 13.2 Å². The molecule has 2 N–H and O–H groups in total. The standard InChI is InChI=1S/C9H9FN2O3S/c10-9-5-8(2-1-7(9)6-11)16(14,15)12-3-4-13/h1-2,5,12-13H,3-4H2. The topological polar surface area (TPSA) is 90.2 Å². The minimum atomic E-state index is -3.83. The van der Waals surface area contributed by atoms with Crippen LogP contribution in [0.25, 0.3) is 0 Å². The van der Waals surface area contributed by atoms with Crippen molar-refractivity contribution in [1.82, 2.24) is 4.72 Å². The number of aliphatic hydroxyl groups excluding tert-OH is 1. The van der Waals surface area contributed by atoms with E-state index >= 15 is 0 Å². The molecule has 86 valence electrons. The van der Waals surface area contributed by atoms with Gasteiger partial charge in [-0.15, -0.1) is 0 Å². The number of halogens is 1. The number of nitrogens with one attached hydrogen (secondary N) is 1. The zero-order chi connectivity index (χ0) is 12.2. The number of nitrogens with zero attached hydrogens (tertiary/aromatic N) is 1. The largest absolute Gasteiger partial charge is 0.395 e. The number of sulfonamides is 1. The van der Waals surface area contributed by atoms with Crippen molar-refractivity contribution >= 4 is 10.0 Å². The van der Waals surface area contributed by atoms with Crippen molar-refractivity contribution in [2.45, 2.75) is 4.90 Å². The van der Waals surface area contributed by atoms with Gasteiger partial charge in [-0.05, 0) is 18.2 Å². The summed E-state index contributed by atoms with van der Waals surface area (Å²) in [6, 6.07) is 4.56. The molecule has 0 aliphatic rings. The first-order valence-corrected chi connectivity index (χ1v) is 5.80. The second kappa shape index (κ2) is 5.03. The van der Waals surface area contributed by atoms with Crippen LogP contribution in [0.4, 0.5) is 4.39 Å². The van der Waals surface area contributed by atoms with Crippen LogP contribution in [-0.2, 0) is 10.0 Å². The molecule has 0 aliphatic heterocycles. The Balaban J connectivity index is 3.07. The van der Waals surface area contributed by atoms with E-state index in [0.717, 1.165) is 18.2 Å². The lowest BCUT2D eigenvalue weighted by Crippen LogP contribution is -2.26. The fraction of sp³-hybridized carbons (Fsp3) is 0.222. The van der Waals surface area contributed by atoms with Crippen molar-refractivity contribution in [3.63, 3.8) is 0 Å². The summed E-state index contributed by atoms with van der Waals surface area (Å²) in [5.41, 5.74) is -0.221. The molecule has 5 nitrogen and oxygen atoms in total. The quantitative estimate of drug-likeness (QED) is 0.778. The van der Waals surface area contributed by atoms with Crippen LogP contribution in [0.2, 0.25) is 0 Å². The minimum absolute atomic E-state index is 0.149. The van der Waals surface area contributed by atoms with Gasteiger partial charge < -0.3 is 5.11 Å². The van der Waals surface area contributed by atoms with Crippen LogP contribution >= 0.6 is 0 Å². The highest BCUT2D eigenvalue weighted by molar-refractivity contribution is 7.89. The minimum Gasteiger partial charge on any atom is -0.395 e. The summed E-state index contributed by atoms with van der Waals surface area (Å²) in [7, 11) is -3.83. The molecule has 0 fully saturated rings. The van der Waals surface area contributed by atoms with Crippen LogP contribution in [0.3, 0.4) is 0 Å². The Labute approximate surface area is 92.2 Å². The fourth-order valence-corrected chi connectivity index (χ4v) is 2.05. The number of hydrogen-bond donors (Lipinski definition) is 2. The van der Waals surface area contributed by atoms with Crippen LogP contribution in [0.1, 0.15) is 5.56 Å². The maximum atomic E-state index is 13.1. The molecule has 0 saturated carbocycles. The van der Waals surface area contributed by atoms with Crippen LogP contribution in [0.15, 0.2) is 23.1 Å². The third-order valence-corrected chi connectivity index (χ3v) is 3.23. The first-order valence-electron chi connectivity index (χ1n) is 4.31. The number of nitriles is 1. The maximum absolute atomic E-state index is 13.1. The molecular formula is C9H9FN2O3S. The number of benzene rings is 1. The highest BCUT2D eigenvalue weighted by atomic mass is 32.2. The van der Waals surface area contributed by atoms with Crippen LogP contribution in [0, 0.1) is 17.1 Å². The normalized spacial score (nSPS) is 11.1. The monoisotopic (exact) mass is 244 g/mol. The Morgan fingerprint density at radius 1 is 1.50 bits per heavy atom. The van der Waals surface area contributed by atoms with Gasteiger partial charge in [0.2, 0.25) is 10.0 Å². The average molecular weight is 244 g/mol. The Morgan fingerprint density at radius 2 is 2.19 bits per heavy atom. The molecule has 16 heavy (non-hydrogen) atoms. The van der Waals surface area contributed by atoms with E-state index in [-0.39, 0.29) is 23.6 Å². The van der Waals surface area contributed by atoms with E-state index < -0.39 is 15.8 Å². The SMILES string of the molecule is N#Cc1ccc(S(=O)(=O)NCCO)cc1F. The lowest BCUT2D eigenvalue weighted by atomic mass is 10.2. The summed E-state index contributed by atoms with van der Waals surface area (Å²) in [5, 5.41) is 16.9. The number of rotatable bonds is 4. The molecule has 0 amide bonds. The second-order valence-electron chi connectivity index (χ2n) is 2.87. The van der Waals surface area contributed by atoms with Crippen molar-refractivity contribution in [3.8, 4) is 6.07 Å². The lowest BCUT2D eigenvalue weighted by molar-refractivity contribution is 0.301. The second-order valence-corrected chi connectivity index (χ2v) is 4.64. The molecular weight excluding hydrogens is 235 g/mol. The van der Waals surface area contributed by atoms with E-state index in [4.69, 9.17) is 10.4 Å². The van der Waals surface area contributed by atoms with E-state index in [2.05, 4.69) is 4.72 Å². The molecule has 0 unspecified atom stereocenters. The highest BCUT2D eigenvalue weighted by Gasteiger charge is 2.15. The summed E-state index contributed by atoms with van der Waals surface area (Å²) >= 11 is 0. The molecule has 0 aromatic heterocycles. The van der Waals surface area contributed by atoms with Gasteiger partial charge in [-0.25, -0.2) is 17.5 Å². The number of aliphatic hydroxyl groups is 1. The molecule has 1 aromatic carbocycles. The Kier molecular flexibility index (Phi) is 3.95. The van der Waals surface area contributed by atoms with Gasteiger partial charge in [-0.3, -0.25) is 0 Å². The maximum Gasteiger partial charge on any atom is 0.240 e. The van der Waals surface area contributed by atoms with Gasteiger partial charge in [0.25, 0.3) is 0 Å². The molecule has 0 spiro atoms. The van der Waals surface area contributed by atoms with Crippen LogP contribution in [-0.4, -0.2) is 26.7 Å². The van der Waals surface area contributed by atoms with Crippen LogP contribution < -0.4 is 4.72 Å². The summed E-state index contributed by atoms with van der Waals surface area (Å²) in [6.07, 6.45) is 0. The smallest absolute Gasteiger partial charge is 0.240 e. The summed E-state index contributed by atoms with van der Waals surface area (Å²) in [4.78, 5) is -0.280. The van der Waals surface area contributed by atoms with Gasteiger partial charge in [0, 0.05) is 6.54 Å². The Morgan fingerprint density at radius 3 is 2.69 bits per heavy atom. The third-order valence-electron chi connectivity index (χ3n) is 1.78. The summed E-state index contributed by atoms with van der Waals surface area (Å²) in [5.74, 6) is -0.894. The average Bonchev–Trinajstić information content (AvgIpc) is 2.26. The molecule has 1 aromatic rings. The van der Waals surface area contributed by atoms with Gasteiger partial charge in [-0.2, -0.15) is 5.26 Å². The van der Waals surface area contributed by atoms with Gasteiger partial charge in [0.1, 0.15) is 11.9 Å². The summed E-state index contributed by atoms with van der Waals surface area (Å²) < 4.78 is 38.1. The molecule has 0 heterocycles. The molecule has 7 heteroatoms. The van der Waals surface area contributed by atoms with Crippen LogP contribution in [0.5, 0.6) is 0 Å². The lowest BCUT2D eigenvalue weighted by Gasteiger charge is -2.05. The van der Waals surface area contributed by atoms with Crippen molar-refractivity contribution in [1.29, 1.82) is 5.26 Å². The predicted molar refractivity (Wildman–Crippen MR) is 53.4 cm³/mol. The van der Waals surface area contributed by atoms with E-state index in [1.54, 1.807) is 6.07 Å². The van der Waals surface area contributed by atoms with Crippen molar-refractivity contribution in [2.24, 2.45) is 0 Å². The van der Waals surface area contributed by atoms with Gasteiger partial charge in [0.15, 0.2) is 0 Å². The molecule has 1 rings (SSSR count). The highest BCUT2D eigenvalue weighted by Crippen LogP contribution is 2.13. The zero-order valence-corrected chi connectivity index (χ0v) is 8.96. The fourth-order valence-electron chi connectivity index (χ4n) is 1.02. The van der Waals surface area contributed by atoms with Gasteiger partial charge in [-0.1, -0.05) is 0 Å². The van der Waals surface area contributed by atoms with Gasteiger partial charge >= 0.3 is 0 Å². The molecule has 0 bridgehead atoms. The van der Waals surface area contributed by atoms with E-state index in [9.17, 15) is 12.8 Å². The predicted octanol–water partition coefficient (Wildman–Crippen LogP) is -0.0320. The molecule has 0 aliphatic carbocycles. The van der Waals surface area contributed by atoms with E-state index in [1.807, 2.05) is 0 Å². The van der Waals surface area contributed by atoms with Gasteiger partial charge in [0.05, 0.1) is 17.1 Å². The van der Waals surface area contributed by atoms with E-state index in [0.29, 0.717) is 0 Å². The first-order chi connectivity index (χ1) is 7.51. The zero-order valence-electron chi connectivity index (χ0n) is 8.14.